The predicted molar refractivity (Wildman–Crippen MR) is 78.5 cm³/mol. The Balaban J connectivity index is 4.40. The van der Waals surface area contributed by atoms with Crippen molar-refractivity contribution >= 4 is 0 Å². The van der Waals surface area contributed by atoms with Crippen LogP contribution in [0.2, 0.25) is 0 Å². The molecule has 0 fully saturated rings. The van der Waals surface area contributed by atoms with Crippen LogP contribution in [-0.4, -0.2) is 22.4 Å². The van der Waals surface area contributed by atoms with Crippen LogP contribution in [0.5, 0.6) is 0 Å². The first-order valence-electron chi connectivity index (χ1n) is 7.07. The van der Waals surface area contributed by atoms with Crippen LogP contribution >= 0.6 is 0 Å². The number of rotatable bonds is 6. The summed E-state index contributed by atoms with van der Waals surface area (Å²) in [5, 5.41) is 19.2. The minimum atomic E-state index is -0.454. The van der Waals surface area contributed by atoms with E-state index in [-0.39, 0.29) is 5.92 Å². The molecule has 2 N–H and O–H groups in total. The highest BCUT2D eigenvalue weighted by molar-refractivity contribution is 5.03. The average Bonchev–Trinajstić information content (AvgIpc) is 2.14. The molecule has 0 aliphatic rings. The van der Waals surface area contributed by atoms with Crippen molar-refractivity contribution < 1.29 is 10.2 Å². The summed E-state index contributed by atoms with van der Waals surface area (Å²) in [6.07, 6.45) is 2.76. The molecule has 0 aromatic rings. The summed E-state index contributed by atoms with van der Waals surface area (Å²) in [7, 11) is 0. The molecule has 0 spiro atoms. The van der Waals surface area contributed by atoms with Crippen LogP contribution in [0.4, 0.5) is 0 Å². The molecule has 108 valence electrons. The van der Waals surface area contributed by atoms with Crippen LogP contribution in [0.15, 0.2) is 11.6 Å². The molecule has 0 rings (SSSR count). The molecule has 0 saturated heterocycles. The third kappa shape index (κ3) is 7.17. The van der Waals surface area contributed by atoms with E-state index < -0.39 is 12.2 Å². The first kappa shape index (κ1) is 17.7. The Morgan fingerprint density at radius 2 is 1.61 bits per heavy atom. The van der Waals surface area contributed by atoms with E-state index >= 15 is 0 Å². The van der Waals surface area contributed by atoms with E-state index in [1.165, 1.54) is 5.57 Å². The van der Waals surface area contributed by atoms with Gasteiger partial charge in [-0.2, -0.15) is 0 Å². The first-order chi connectivity index (χ1) is 8.04. The average molecular weight is 256 g/mol. The normalized spacial score (nSPS) is 20.4. The van der Waals surface area contributed by atoms with Crippen LogP contribution < -0.4 is 0 Å². The van der Waals surface area contributed by atoms with E-state index in [4.69, 9.17) is 0 Å². The van der Waals surface area contributed by atoms with E-state index in [2.05, 4.69) is 40.7 Å². The largest absolute Gasteiger partial charge is 0.393 e. The lowest BCUT2D eigenvalue weighted by Gasteiger charge is -2.28. The maximum atomic E-state index is 9.93. The number of hydrogen-bond acceptors (Lipinski definition) is 2. The molecule has 0 amide bonds. The van der Waals surface area contributed by atoms with Gasteiger partial charge < -0.3 is 10.2 Å². The highest BCUT2D eigenvalue weighted by atomic mass is 16.3. The van der Waals surface area contributed by atoms with E-state index in [0.29, 0.717) is 17.8 Å². The molecule has 0 unspecified atom stereocenters. The fraction of sp³-hybridized carbons (Fsp3) is 0.875. The third-order valence-electron chi connectivity index (χ3n) is 3.84. The van der Waals surface area contributed by atoms with Gasteiger partial charge in [0, 0.05) is 5.92 Å². The number of aliphatic hydroxyl groups excluding tert-OH is 2. The van der Waals surface area contributed by atoms with Crippen molar-refractivity contribution in [2.75, 3.05) is 0 Å². The van der Waals surface area contributed by atoms with Gasteiger partial charge in [-0.25, -0.2) is 0 Å². The topological polar surface area (TPSA) is 40.5 Å². The molecule has 0 radical (unpaired) electrons. The smallest absolute Gasteiger partial charge is 0.0624 e. The minimum absolute atomic E-state index is 0.103. The lowest BCUT2D eigenvalue weighted by Crippen LogP contribution is -2.22. The zero-order valence-corrected chi connectivity index (χ0v) is 13.2. The van der Waals surface area contributed by atoms with E-state index in [1.54, 1.807) is 6.92 Å². The first-order valence-corrected chi connectivity index (χ1v) is 7.07. The van der Waals surface area contributed by atoms with E-state index in [9.17, 15) is 10.2 Å². The molecule has 18 heavy (non-hydrogen) atoms. The highest BCUT2D eigenvalue weighted by Crippen LogP contribution is 2.31. The van der Waals surface area contributed by atoms with Crippen molar-refractivity contribution in [2.45, 2.75) is 73.5 Å². The molecule has 0 saturated carbocycles. The van der Waals surface area contributed by atoms with Crippen LogP contribution in [0.1, 0.15) is 61.3 Å². The lowest BCUT2D eigenvalue weighted by molar-refractivity contribution is 0.0686. The Morgan fingerprint density at radius 1 is 1.11 bits per heavy atom. The molecule has 4 atom stereocenters. The van der Waals surface area contributed by atoms with Gasteiger partial charge in [-0.05, 0) is 38.0 Å². The maximum Gasteiger partial charge on any atom is 0.0624 e. The molecule has 0 aliphatic heterocycles. The molecule has 0 bridgehead atoms. The predicted octanol–water partition coefficient (Wildman–Crippen LogP) is 3.77. The number of hydrogen-bond donors (Lipinski definition) is 2. The van der Waals surface area contributed by atoms with Gasteiger partial charge in [-0.15, -0.1) is 0 Å². The summed E-state index contributed by atoms with van der Waals surface area (Å²) in [4.78, 5) is 0. The highest BCUT2D eigenvalue weighted by Gasteiger charge is 2.21. The Hall–Kier alpha value is -0.340. The zero-order valence-electron chi connectivity index (χ0n) is 13.2. The van der Waals surface area contributed by atoms with Crippen LogP contribution in [0.25, 0.3) is 0 Å². The molecular weight excluding hydrogens is 224 g/mol. The van der Waals surface area contributed by atoms with Crippen LogP contribution in [0, 0.1) is 17.3 Å². The molecule has 0 heterocycles. The summed E-state index contributed by atoms with van der Waals surface area (Å²) < 4.78 is 0. The van der Waals surface area contributed by atoms with Crippen molar-refractivity contribution in [3.63, 3.8) is 0 Å². The van der Waals surface area contributed by atoms with Crippen molar-refractivity contribution in [3.05, 3.63) is 11.6 Å². The van der Waals surface area contributed by atoms with Gasteiger partial charge in [0.1, 0.15) is 0 Å². The Morgan fingerprint density at radius 3 is 2.00 bits per heavy atom. The summed E-state index contributed by atoms with van der Waals surface area (Å²) in [6, 6.07) is 0. The second-order valence-electron chi connectivity index (χ2n) is 7.00. The molecule has 2 nitrogen and oxygen atoms in total. The monoisotopic (exact) mass is 256 g/mol. The van der Waals surface area contributed by atoms with Gasteiger partial charge in [0.25, 0.3) is 0 Å². The molecular formula is C16H32O2. The third-order valence-corrected chi connectivity index (χ3v) is 3.84. The Labute approximate surface area is 113 Å². The second kappa shape index (κ2) is 7.30. The van der Waals surface area contributed by atoms with Crippen LogP contribution in [-0.2, 0) is 0 Å². The van der Waals surface area contributed by atoms with Gasteiger partial charge >= 0.3 is 0 Å². The standard InChI is InChI=1S/C16H32O2/c1-11(9-13(3)16(5,6)7)8-12(2)15(18)10-14(4)17/h8,12-15,17-18H,9-10H2,1-7H3/b11-8+/t12-,13+,14-,15-/m1/s1. The van der Waals surface area contributed by atoms with Gasteiger partial charge in [-0.1, -0.05) is 46.3 Å². The van der Waals surface area contributed by atoms with Crippen molar-refractivity contribution in [1.29, 1.82) is 0 Å². The van der Waals surface area contributed by atoms with Gasteiger partial charge in [0.15, 0.2) is 0 Å². The van der Waals surface area contributed by atoms with E-state index in [1.807, 2.05) is 6.92 Å². The van der Waals surface area contributed by atoms with Gasteiger partial charge in [0.2, 0.25) is 0 Å². The minimum Gasteiger partial charge on any atom is -0.393 e. The summed E-state index contributed by atoms with van der Waals surface area (Å²) >= 11 is 0. The fourth-order valence-electron chi connectivity index (χ4n) is 1.98. The quantitative estimate of drug-likeness (QED) is 0.710. The summed E-state index contributed by atoms with van der Waals surface area (Å²) in [6.45, 7) is 14.9. The second-order valence-corrected chi connectivity index (χ2v) is 7.00. The van der Waals surface area contributed by atoms with Gasteiger partial charge in [0.05, 0.1) is 12.2 Å². The SMILES string of the molecule is C/C(=C\[C@@H](C)[C@H](O)C[C@@H](C)O)C[C@H](C)C(C)(C)C. The molecule has 2 heteroatoms. The van der Waals surface area contributed by atoms with Crippen molar-refractivity contribution in [3.8, 4) is 0 Å². The van der Waals surface area contributed by atoms with E-state index in [0.717, 1.165) is 6.42 Å². The molecule has 0 aromatic carbocycles. The summed E-state index contributed by atoms with van der Waals surface area (Å²) in [5.41, 5.74) is 1.64. The molecule has 0 aliphatic carbocycles. The molecule has 0 aromatic heterocycles. The maximum absolute atomic E-state index is 9.93. The van der Waals surface area contributed by atoms with Crippen LogP contribution in [0.3, 0.4) is 0 Å². The van der Waals surface area contributed by atoms with Gasteiger partial charge in [-0.3, -0.25) is 0 Å². The van der Waals surface area contributed by atoms with Crippen molar-refractivity contribution in [2.24, 2.45) is 17.3 Å². The summed E-state index contributed by atoms with van der Waals surface area (Å²) in [5.74, 6) is 0.724. The zero-order chi connectivity index (χ0) is 14.5. The fourth-order valence-corrected chi connectivity index (χ4v) is 1.98. The lowest BCUT2D eigenvalue weighted by atomic mass is 9.78. The number of aliphatic hydroxyl groups is 2. The Kier molecular flexibility index (Phi) is 7.16. The number of allylic oxidation sites excluding steroid dienone is 1. The Bertz CT molecular complexity index is 261. The van der Waals surface area contributed by atoms with Crippen molar-refractivity contribution in [1.82, 2.24) is 0 Å².